The van der Waals surface area contributed by atoms with Crippen molar-refractivity contribution < 1.29 is 13.6 Å². The number of hydrogen-bond donors (Lipinski definition) is 1. The van der Waals surface area contributed by atoms with Crippen molar-refractivity contribution in [2.75, 3.05) is 6.54 Å². The van der Waals surface area contributed by atoms with Gasteiger partial charge in [0, 0.05) is 13.6 Å². The highest BCUT2D eigenvalue weighted by Crippen LogP contribution is 2.14. The third kappa shape index (κ3) is 3.01. The van der Waals surface area contributed by atoms with Gasteiger partial charge >= 0.3 is 5.76 Å². The van der Waals surface area contributed by atoms with Crippen LogP contribution in [0.1, 0.15) is 15.9 Å². The molecule has 0 aliphatic carbocycles. The third-order valence-corrected chi connectivity index (χ3v) is 3.67. The highest BCUT2D eigenvalue weighted by Gasteiger charge is 2.10. The van der Waals surface area contributed by atoms with E-state index in [1.165, 1.54) is 22.8 Å². The van der Waals surface area contributed by atoms with Crippen LogP contribution in [0.15, 0.2) is 51.7 Å². The van der Waals surface area contributed by atoms with Crippen LogP contribution in [0.4, 0.5) is 4.39 Å². The van der Waals surface area contributed by atoms with E-state index >= 15 is 0 Å². The molecule has 0 saturated heterocycles. The lowest BCUT2D eigenvalue weighted by molar-refractivity contribution is 0.0950. The maximum atomic E-state index is 13.5. The minimum atomic E-state index is -0.544. The molecule has 3 aromatic rings. The first-order valence-corrected chi connectivity index (χ1v) is 7.17. The summed E-state index contributed by atoms with van der Waals surface area (Å²) >= 11 is 0. The summed E-state index contributed by atoms with van der Waals surface area (Å²) in [6, 6.07) is 11.3. The molecule has 0 fully saturated rings. The molecule has 0 radical (unpaired) electrons. The summed E-state index contributed by atoms with van der Waals surface area (Å²) in [5.74, 6) is -1.40. The Morgan fingerprint density at radius 3 is 2.83 bits per heavy atom. The lowest BCUT2D eigenvalue weighted by atomic mass is 10.1. The van der Waals surface area contributed by atoms with Crippen LogP contribution >= 0.6 is 0 Å². The zero-order valence-corrected chi connectivity index (χ0v) is 12.5. The van der Waals surface area contributed by atoms with Crippen LogP contribution < -0.4 is 11.1 Å². The number of fused-ring (bicyclic) bond motifs is 1. The van der Waals surface area contributed by atoms with Crippen LogP contribution in [0.5, 0.6) is 0 Å². The average molecular weight is 314 g/mol. The highest BCUT2D eigenvalue weighted by atomic mass is 19.1. The third-order valence-electron chi connectivity index (χ3n) is 3.67. The molecule has 1 heterocycles. The van der Waals surface area contributed by atoms with E-state index < -0.39 is 17.5 Å². The predicted octanol–water partition coefficient (Wildman–Crippen LogP) is 2.24. The lowest BCUT2D eigenvalue weighted by Gasteiger charge is -2.06. The summed E-state index contributed by atoms with van der Waals surface area (Å²) in [7, 11) is 1.64. The molecule has 2 aromatic carbocycles. The van der Waals surface area contributed by atoms with Gasteiger partial charge in [-0.05, 0) is 36.2 Å². The first kappa shape index (κ1) is 15.0. The Morgan fingerprint density at radius 2 is 2.04 bits per heavy atom. The van der Waals surface area contributed by atoms with Crippen molar-refractivity contribution in [1.29, 1.82) is 0 Å². The van der Waals surface area contributed by atoms with Gasteiger partial charge in [-0.15, -0.1) is 0 Å². The lowest BCUT2D eigenvalue weighted by Crippen LogP contribution is -2.26. The number of halogens is 1. The average Bonchev–Trinajstić information content (AvgIpc) is 2.82. The molecule has 0 aliphatic heterocycles. The van der Waals surface area contributed by atoms with Gasteiger partial charge in [0.25, 0.3) is 5.91 Å². The molecule has 1 N–H and O–H groups in total. The molecule has 0 aliphatic rings. The number of hydrogen-bond acceptors (Lipinski definition) is 3. The number of benzene rings is 2. The fourth-order valence-electron chi connectivity index (χ4n) is 2.39. The number of carbonyl (C=O) groups is 1. The number of rotatable bonds is 4. The molecule has 5 nitrogen and oxygen atoms in total. The van der Waals surface area contributed by atoms with Crippen molar-refractivity contribution in [3.63, 3.8) is 0 Å². The van der Waals surface area contributed by atoms with E-state index in [-0.39, 0.29) is 5.56 Å². The largest absolute Gasteiger partial charge is 0.419 e. The van der Waals surface area contributed by atoms with Crippen molar-refractivity contribution in [2.45, 2.75) is 6.42 Å². The van der Waals surface area contributed by atoms with Crippen molar-refractivity contribution in [3.05, 3.63) is 70.0 Å². The van der Waals surface area contributed by atoms with Crippen LogP contribution in [0.3, 0.4) is 0 Å². The topological polar surface area (TPSA) is 64.2 Å². The highest BCUT2D eigenvalue weighted by molar-refractivity contribution is 5.94. The number of nitrogens with zero attached hydrogens (tertiary/aromatic N) is 1. The van der Waals surface area contributed by atoms with Gasteiger partial charge < -0.3 is 9.73 Å². The van der Waals surface area contributed by atoms with Crippen molar-refractivity contribution in [3.8, 4) is 0 Å². The molecule has 1 amide bonds. The second-order valence-corrected chi connectivity index (χ2v) is 5.21. The summed E-state index contributed by atoms with van der Waals surface area (Å²) < 4.78 is 20.1. The summed E-state index contributed by atoms with van der Waals surface area (Å²) in [5, 5.41) is 2.68. The fourth-order valence-corrected chi connectivity index (χ4v) is 2.39. The molecule has 6 heteroatoms. The van der Waals surface area contributed by atoms with E-state index in [0.29, 0.717) is 24.1 Å². The fraction of sp³-hybridized carbons (Fsp3) is 0.176. The molecule has 0 saturated carbocycles. The van der Waals surface area contributed by atoms with Gasteiger partial charge in [-0.2, -0.15) is 0 Å². The molecular weight excluding hydrogens is 299 g/mol. The Morgan fingerprint density at radius 1 is 1.26 bits per heavy atom. The first-order chi connectivity index (χ1) is 11.1. The van der Waals surface area contributed by atoms with E-state index in [1.807, 2.05) is 6.07 Å². The molecule has 0 atom stereocenters. The zero-order valence-electron chi connectivity index (χ0n) is 12.5. The number of nitrogens with one attached hydrogen (secondary N) is 1. The quantitative estimate of drug-likeness (QED) is 0.803. The van der Waals surface area contributed by atoms with E-state index in [2.05, 4.69) is 5.32 Å². The van der Waals surface area contributed by atoms with E-state index in [4.69, 9.17) is 4.42 Å². The maximum absolute atomic E-state index is 13.5. The Labute approximate surface area is 131 Å². The first-order valence-electron chi connectivity index (χ1n) is 7.17. The van der Waals surface area contributed by atoms with Crippen LogP contribution in [0, 0.1) is 5.82 Å². The molecule has 118 valence electrons. The molecule has 3 rings (SSSR count). The number of aromatic nitrogens is 1. The Kier molecular flexibility index (Phi) is 3.97. The molecule has 1 aromatic heterocycles. The van der Waals surface area contributed by atoms with Crippen molar-refractivity contribution in [1.82, 2.24) is 9.88 Å². The van der Waals surface area contributed by atoms with Gasteiger partial charge in [-0.25, -0.2) is 9.18 Å². The van der Waals surface area contributed by atoms with Crippen LogP contribution in [-0.4, -0.2) is 17.0 Å². The molecular formula is C17H15FN2O3. The molecule has 0 unspecified atom stereocenters. The number of amides is 1. The van der Waals surface area contributed by atoms with Crippen LogP contribution in [0.25, 0.3) is 11.1 Å². The van der Waals surface area contributed by atoms with Crippen LogP contribution in [0.2, 0.25) is 0 Å². The summed E-state index contributed by atoms with van der Waals surface area (Å²) in [4.78, 5) is 23.3. The summed E-state index contributed by atoms with van der Waals surface area (Å²) in [5.41, 5.74) is 2.17. The van der Waals surface area contributed by atoms with Gasteiger partial charge in [0.1, 0.15) is 5.82 Å². The minimum absolute atomic E-state index is 0.0250. The predicted molar refractivity (Wildman–Crippen MR) is 83.9 cm³/mol. The van der Waals surface area contributed by atoms with E-state index in [9.17, 15) is 14.0 Å². The minimum Gasteiger partial charge on any atom is -0.408 e. The van der Waals surface area contributed by atoms with Crippen molar-refractivity contribution >= 4 is 17.0 Å². The van der Waals surface area contributed by atoms with Gasteiger partial charge in [0.15, 0.2) is 5.58 Å². The number of carbonyl (C=O) groups excluding carboxylic acids is 1. The van der Waals surface area contributed by atoms with E-state index in [1.54, 1.807) is 25.2 Å². The molecule has 23 heavy (non-hydrogen) atoms. The van der Waals surface area contributed by atoms with Gasteiger partial charge in [-0.3, -0.25) is 9.36 Å². The molecule has 0 spiro atoms. The normalized spacial score (nSPS) is 10.9. The Balaban J connectivity index is 1.66. The van der Waals surface area contributed by atoms with Gasteiger partial charge in [0.2, 0.25) is 0 Å². The Bertz CT molecular complexity index is 927. The summed E-state index contributed by atoms with van der Waals surface area (Å²) in [6.07, 6.45) is 0.550. The SMILES string of the molecule is Cn1c(=O)oc2cc(CCNC(=O)c3ccccc3F)ccc21. The number of aryl methyl sites for hydroxylation is 1. The van der Waals surface area contributed by atoms with Crippen molar-refractivity contribution in [2.24, 2.45) is 7.05 Å². The second kappa shape index (κ2) is 6.08. The van der Waals surface area contributed by atoms with Crippen LogP contribution in [-0.2, 0) is 13.5 Å². The second-order valence-electron chi connectivity index (χ2n) is 5.21. The maximum Gasteiger partial charge on any atom is 0.419 e. The number of oxazole rings is 1. The van der Waals surface area contributed by atoms with Gasteiger partial charge in [0.05, 0.1) is 11.1 Å². The molecule has 0 bridgehead atoms. The van der Waals surface area contributed by atoms with E-state index in [0.717, 1.165) is 5.56 Å². The summed E-state index contributed by atoms with van der Waals surface area (Å²) in [6.45, 7) is 0.357. The Hall–Kier alpha value is -2.89. The standard InChI is InChI=1S/C17H15FN2O3/c1-20-14-7-6-11(10-15(14)23-17(20)22)8-9-19-16(21)12-4-2-3-5-13(12)18/h2-7,10H,8-9H2,1H3,(H,19,21). The zero-order chi connectivity index (χ0) is 16.4. The monoisotopic (exact) mass is 314 g/mol. The van der Waals surface area contributed by atoms with Gasteiger partial charge in [-0.1, -0.05) is 18.2 Å². The smallest absolute Gasteiger partial charge is 0.408 e.